The molecule has 154 valence electrons. The first-order valence-electron chi connectivity index (χ1n) is 9.28. The van der Waals surface area contributed by atoms with E-state index in [1.807, 2.05) is 39.3 Å². The number of aliphatic hydroxyl groups is 2. The normalized spacial score (nSPS) is 15.9. The fourth-order valence-electron chi connectivity index (χ4n) is 2.37. The van der Waals surface area contributed by atoms with Crippen molar-refractivity contribution < 1.29 is 28.6 Å². The minimum Gasteiger partial charge on any atom is -0.456 e. The maximum atomic E-state index is 12.0. The molecule has 2 N–H and O–H groups in total. The van der Waals surface area contributed by atoms with E-state index in [1.165, 1.54) is 0 Å². The standard InChI is InChI=1S/C17H38O6Si3/c1-13(2)16(19)21-14(11-10-12-24-3)15(18)17(20,22-25(4,5)6)23-26(7,8)9/h14-15,18,20H,1,10-12,24H2,2-9H3. The van der Waals surface area contributed by atoms with Crippen molar-refractivity contribution in [2.75, 3.05) is 0 Å². The molecule has 0 aliphatic rings. The molecule has 0 aliphatic heterocycles. The maximum Gasteiger partial charge on any atom is 0.333 e. The first-order chi connectivity index (χ1) is 11.6. The summed E-state index contributed by atoms with van der Waals surface area (Å²) in [6, 6.07) is 1.07. The van der Waals surface area contributed by atoms with Crippen molar-refractivity contribution >= 4 is 32.1 Å². The fourth-order valence-corrected chi connectivity index (χ4v) is 5.32. The monoisotopic (exact) mass is 422 g/mol. The summed E-state index contributed by atoms with van der Waals surface area (Å²) in [7, 11) is -4.67. The molecular formula is C17H38O6Si3. The Morgan fingerprint density at radius 3 is 1.96 bits per heavy atom. The highest BCUT2D eigenvalue weighted by Crippen LogP contribution is 2.29. The van der Waals surface area contributed by atoms with E-state index in [-0.39, 0.29) is 15.1 Å². The van der Waals surface area contributed by atoms with Crippen LogP contribution in [0.4, 0.5) is 0 Å². The van der Waals surface area contributed by atoms with Crippen molar-refractivity contribution in [3.63, 3.8) is 0 Å². The molecule has 6 nitrogen and oxygen atoms in total. The number of carbonyl (C=O) groups is 1. The predicted molar refractivity (Wildman–Crippen MR) is 113 cm³/mol. The van der Waals surface area contributed by atoms with Gasteiger partial charge in [-0.2, -0.15) is 0 Å². The molecule has 26 heavy (non-hydrogen) atoms. The van der Waals surface area contributed by atoms with E-state index in [2.05, 4.69) is 13.1 Å². The summed E-state index contributed by atoms with van der Waals surface area (Å²) in [6.45, 7) is 18.7. The third-order valence-corrected chi connectivity index (χ3v) is 6.35. The van der Waals surface area contributed by atoms with Crippen molar-refractivity contribution in [3.05, 3.63) is 12.2 Å². The first kappa shape index (κ1) is 25.7. The zero-order valence-electron chi connectivity index (χ0n) is 17.7. The average molecular weight is 423 g/mol. The summed E-state index contributed by atoms with van der Waals surface area (Å²) in [4.78, 5) is 12.0. The van der Waals surface area contributed by atoms with Gasteiger partial charge in [-0.05, 0) is 52.6 Å². The molecule has 0 aromatic carbocycles. The largest absolute Gasteiger partial charge is 0.456 e. The van der Waals surface area contributed by atoms with Gasteiger partial charge in [0.1, 0.15) is 6.10 Å². The van der Waals surface area contributed by atoms with E-state index < -0.39 is 40.8 Å². The molecule has 9 heteroatoms. The smallest absolute Gasteiger partial charge is 0.333 e. The van der Waals surface area contributed by atoms with Gasteiger partial charge in [-0.15, -0.1) is 0 Å². The quantitative estimate of drug-likeness (QED) is 0.165. The third-order valence-electron chi connectivity index (χ3n) is 3.33. The second kappa shape index (κ2) is 10.3. The average Bonchev–Trinajstić information content (AvgIpc) is 2.41. The van der Waals surface area contributed by atoms with Gasteiger partial charge in [0, 0.05) is 15.1 Å². The molecule has 0 spiro atoms. The number of hydrogen-bond donors (Lipinski definition) is 2. The van der Waals surface area contributed by atoms with E-state index in [1.54, 1.807) is 6.92 Å². The van der Waals surface area contributed by atoms with E-state index in [9.17, 15) is 15.0 Å². The first-order valence-corrected chi connectivity index (χ1v) is 18.5. The van der Waals surface area contributed by atoms with E-state index >= 15 is 0 Å². The molecule has 2 unspecified atom stereocenters. The Hall–Kier alpha value is -0.299. The van der Waals surface area contributed by atoms with Crippen LogP contribution in [0.3, 0.4) is 0 Å². The van der Waals surface area contributed by atoms with Gasteiger partial charge in [-0.3, -0.25) is 0 Å². The number of hydrogen-bond acceptors (Lipinski definition) is 6. The highest BCUT2D eigenvalue weighted by atomic mass is 28.4. The fraction of sp³-hybridized carbons (Fsp3) is 0.824. The van der Waals surface area contributed by atoms with Gasteiger partial charge < -0.3 is 23.8 Å². The number of carbonyl (C=O) groups excluding carboxylic acids is 1. The van der Waals surface area contributed by atoms with Crippen LogP contribution >= 0.6 is 0 Å². The third kappa shape index (κ3) is 10.1. The summed E-state index contributed by atoms with van der Waals surface area (Å²) in [5.74, 6) is -2.79. The molecule has 2 atom stereocenters. The second-order valence-electron chi connectivity index (χ2n) is 8.72. The molecule has 0 bridgehead atoms. The van der Waals surface area contributed by atoms with Gasteiger partial charge in [0.2, 0.25) is 0 Å². The molecule has 0 aromatic rings. The van der Waals surface area contributed by atoms with Crippen LogP contribution in [0.15, 0.2) is 12.2 Å². The van der Waals surface area contributed by atoms with Crippen LogP contribution < -0.4 is 0 Å². The topological polar surface area (TPSA) is 85.2 Å². The van der Waals surface area contributed by atoms with Crippen molar-refractivity contribution in [2.24, 2.45) is 0 Å². The van der Waals surface area contributed by atoms with Crippen LogP contribution in [-0.2, 0) is 18.4 Å². The van der Waals surface area contributed by atoms with Crippen molar-refractivity contribution in [2.45, 2.75) is 89.8 Å². The van der Waals surface area contributed by atoms with Crippen LogP contribution in [0.25, 0.3) is 0 Å². The predicted octanol–water partition coefficient (Wildman–Crippen LogP) is 2.60. The van der Waals surface area contributed by atoms with Gasteiger partial charge in [0.25, 0.3) is 5.97 Å². The molecule has 0 aliphatic carbocycles. The SMILES string of the molecule is C=C(C)C(=O)OC(CCC[SiH2]C)C(O)C(O)(O[Si](C)(C)C)O[Si](C)(C)C. The Labute approximate surface area is 163 Å². The summed E-state index contributed by atoms with van der Waals surface area (Å²) in [5, 5.41) is 22.0. The van der Waals surface area contributed by atoms with Crippen LogP contribution in [-0.4, -0.2) is 60.5 Å². The van der Waals surface area contributed by atoms with E-state index in [0.717, 1.165) is 12.5 Å². The molecule has 0 fully saturated rings. The summed E-state index contributed by atoms with van der Waals surface area (Å²) in [6.07, 6.45) is -1.17. The lowest BCUT2D eigenvalue weighted by Crippen LogP contribution is -2.61. The van der Waals surface area contributed by atoms with Crippen molar-refractivity contribution in [1.29, 1.82) is 0 Å². The van der Waals surface area contributed by atoms with Gasteiger partial charge in [-0.1, -0.05) is 25.6 Å². The number of esters is 1. The Bertz CT molecular complexity index is 454. The Morgan fingerprint density at radius 1 is 1.15 bits per heavy atom. The Kier molecular flexibility index (Phi) is 10.2. The minimum absolute atomic E-state index is 0.137. The maximum absolute atomic E-state index is 12.0. The molecule has 0 heterocycles. The lowest BCUT2D eigenvalue weighted by atomic mass is 10.1. The van der Waals surface area contributed by atoms with Crippen molar-refractivity contribution in [1.82, 2.24) is 0 Å². The van der Waals surface area contributed by atoms with Gasteiger partial charge >= 0.3 is 5.97 Å². The molecule has 0 saturated heterocycles. The second-order valence-corrected chi connectivity index (χ2v) is 19.3. The number of aliphatic hydroxyl groups excluding tert-OH is 1. The zero-order valence-corrected chi connectivity index (χ0v) is 21.1. The van der Waals surface area contributed by atoms with E-state index in [0.29, 0.717) is 6.42 Å². The lowest BCUT2D eigenvalue weighted by Gasteiger charge is -2.43. The molecular weight excluding hydrogens is 384 g/mol. The molecule has 0 radical (unpaired) electrons. The summed E-state index contributed by atoms with van der Waals surface area (Å²) >= 11 is 0. The van der Waals surface area contributed by atoms with Crippen LogP contribution in [0.2, 0.25) is 51.9 Å². The van der Waals surface area contributed by atoms with Gasteiger partial charge in [0.05, 0.1) is 0 Å². The van der Waals surface area contributed by atoms with Crippen LogP contribution in [0.5, 0.6) is 0 Å². The molecule has 0 rings (SSSR count). The van der Waals surface area contributed by atoms with Gasteiger partial charge in [0.15, 0.2) is 22.7 Å². The number of ether oxygens (including phenoxy) is 1. The molecule has 0 saturated carbocycles. The Morgan fingerprint density at radius 2 is 1.62 bits per heavy atom. The number of rotatable bonds is 12. The molecule has 0 amide bonds. The van der Waals surface area contributed by atoms with Crippen molar-refractivity contribution in [3.8, 4) is 0 Å². The lowest BCUT2D eigenvalue weighted by molar-refractivity contribution is -0.343. The van der Waals surface area contributed by atoms with Crippen LogP contribution in [0.1, 0.15) is 19.8 Å². The zero-order chi connectivity index (χ0) is 20.8. The summed E-state index contributed by atoms with van der Waals surface area (Å²) < 4.78 is 17.1. The van der Waals surface area contributed by atoms with Gasteiger partial charge in [-0.25, -0.2) is 4.79 Å². The highest BCUT2D eigenvalue weighted by Gasteiger charge is 2.49. The Balaban J connectivity index is 5.64. The minimum atomic E-state index is -2.26. The summed E-state index contributed by atoms with van der Waals surface area (Å²) in [5.41, 5.74) is 0.243. The molecule has 0 aromatic heterocycles. The van der Waals surface area contributed by atoms with E-state index in [4.69, 9.17) is 13.6 Å². The van der Waals surface area contributed by atoms with Crippen LogP contribution in [0, 0.1) is 0 Å². The highest BCUT2D eigenvalue weighted by molar-refractivity contribution is 6.70.